The van der Waals surface area contributed by atoms with Gasteiger partial charge in [0, 0.05) is 12.8 Å². The summed E-state index contributed by atoms with van der Waals surface area (Å²) in [5, 5.41) is 23.3. The molecular formula is C74H141NO5. The van der Waals surface area contributed by atoms with Crippen LogP contribution in [0.5, 0.6) is 0 Å². The monoisotopic (exact) mass is 1120 g/mol. The van der Waals surface area contributed by atoms with Gasteiger partial charge in [-0.15, -0.1) is 0 Å². The van der Waals surface area contributed by atoms with E-state index in [0.29, 0.717) is 19.4 Å². The molecule has 1 amide bonds. The van der Waals surface area contributed by atoms with Gasteiger partial charge in [0.2, 0.25) is 5.91 Å². The number of carbonyl (C=O) groups is 2. The van der Waals surface area contributed by atoms with Gasteiger partial charge in [-0.25, -0.2) is 0 Å². The summed E-state index contributed by atoms with van der Waals surface area (Å²) in [6, 6.07) is -0.629. The summed E-state index contributed by atoms with van der Waals surface area (Å²) in [4.78, 5) is 24.6. The highest BCUT2D eigenvalue weighted by Crippen LogP contribution is 2.19. The average molecular weight is 1120 g/mol. The number of esters is 1. The number of hydrogen-bond donors (Lipinski definition) is 3. The topological polar surface area (TPSA) is 95.9 Å². The highest BCUT2D eigenvalue weighted by molar-refractivity contribution is 5.76. The Balaban J connectivity index is 3.41. The number of unbranched alkanes of at least 4 members (excludes halogenated alkanes) is 53. The van der Waals surface area contributed by atoms with E-state index in [9.17, 15) is 19.8 Å². The number of aliphatic hydroxyl groups is 2. The molecule has 3 N–H and O–H groups in total. The van der Waals surface area contributed by atoms with Gasteiger partial charge in [0.15, 0.2) is 0 Å². The summed E-state index contributed by atoms with van der Waals surface area (Å²) in [6.45, 7) is 4.91. The van der Waals surface area contributed by atoms with Gasteiger partial charge >= 0.3 is 5.97 Å². The van der Waals surface area contributed by atoms with E-state index in [-0.39, 0.29) is 18.5 Å². The zero-order chi connectivity index (χ0) is 57.8. The summed E-state index contributed by atoms with van der Waals surface area (Å²) in [7, 11) is 0. The molecule has 0 aromatic carbocycles. The van der Waals surface area contributed by atoms with E-state index < -0.39 is 12.1 Å². The normalized spacial score (nSPS) is 12.7. The molecule has 0 saturated heterocycles. The molecule has 0 aliphatic carbocycles. The molecule has 2 unspecified atom stereocenters. The molecule has 0 heterocycles. The summed E-state index contributed by atoms with van der Waals surface area (Å²) in [6.07, 6.45) is 89.5. The second kappa shape index (κ2) is 69.6. The fourth-order valence-corrected chi connectivity index (χ4v) is 11.3. The van der Waals surface area contributed by atoms with Crippen LogP contribution in [-0.4, -0.2) is 47.4 Å². The molecule has 6 heteroatoms. The van der Waals surface area contributed by atoms with Gasteiger partial charge in [-0.05, 0) is 83.5 Å². The maximum absolute atomic E-state index is 12.5. The van der Waals surface area contributed by atoms with E-state index in [0.717, 1.165) is 44.9 Å². The van der Waals surface area contributed by atoms with Crippen molar-refractivity contribution in [3.63, 3.8) is 0 Å². The predicted octanol–water partition coefficient (Wildman–Crippen LogP) is 23.5. The number of carbonyl (C=O) groups excluding carboxylic acids is 2. The molecule has 472 valence electrons. The van der Waals surface area contributed by atoms with E-state index in [1.165, 1.54) is 327 Å². The second-order valence-corrected chi connectivity index (χ2v) is 24.9. The summed E-state index contributed by atoms with van der Waals surface area (Å²) < 4.78 is 5.47. The standard InChI is InChI=1S/C74H141NO5/c1-3-5-7-9-11-13-15-17-18-19-20-21-31-34-37-40-43-46-50-54-58-62-66-72(77)71(70-76)75-73(78)67-63-59-55-51-47-44-41-38-35-32-29-27-25-23-22-24-26-28-30-33-36-39-42-45-49-53-57-61-65-69-80-74(79)68-64-60-56-52-48-16-14-12-10-8-6-4-2/h12,14,22,24,62,66,71-72,76-77H,3-11,13,15-21,23,25-61,63-65,67-70H2,1-2H3,(H,75,78)/b14-12-,24-22-,66-62+. The summed E-state index contributed by atoms with van der Waals surface area (Å²) in [5.41, 5.74) is 0. The van der Waals surface area contributed by atoms with Crippen molar-refractivity contribution in [2.24, 2.45) is 0 Å². The lowest BCUT2D eigenvalue weighted by Crippen LogP contribution is -2.45. The summed E-state index contributed by atoms with van der Waals surface area (Å²) >= 11 is 0. The SMILES string of the molecule is CCCCC/C=C\CCCCCCCC(=O)OCCCCCCCCCCCCCC/C=C\CCCCCCCCCCCCCCCC(=O)NC(CO)C(O)/C=C/CCCCCCCCCCCCCCCCCCCCCC. The fourth-order valence-electron chi connectivity index (χ4n) is 11.3. The van der Waals surface area contributed by atoms with Gasteiger partial charge in [-0.3, -0.25) is 9.59 Å². The lowest BCUT2D eigenvalue weighted by molar-refractivity contribution is -0.143. The van der Waals surface area contributed by atoms with Gasteiger partial charge in [0.05, 0.1) is 25.4 Å². The number of amides is 1. The van der Waals surface area contributed by atoms with E-state index in [4.69, 9.17) is 4.74 Å². The third-order valence-corrected chi connectivity index (χ3v) is 16.9. The Kier molecular flexibility index (Phi) is 67.9. The zero-order valence-electron chi connectivity index (χ0n) is 54.1. The molecule has 0 saturated carbocycles. The molecule has 0 aliphatic rings. The van der Waals surface area contributed by atoms with E-state index in [2.05, 4.69) is 43.5 Å². The highest BCUT2D eigenvalue weighted by atomic mass is 16.5. The number of aliphatic hydroxyl groups excluding tert-OH is 2. The number of nitrogens with one attached hydrogen (secondary N) is 1. The first-order chi connectivity index (χ1) is 39.5. The van der Waals surface area contributed by atoms with Crippen LogP contribution in [0.1, 0.15) is 399 Å². The molecule has 0 radical (unpaired) electrons. The van der Waals surface area contributed by atoms with Crippen molar-refractivity contribution < 1.29 is 24.5 Å². The largest absolute Gasteiger partial charge is 0.466 e. The Morgan fingerprint density at radius 1 is 0.338 bits per heavy atom. The first-order valence-electron chi connectivity index (χ1n) is 36.3. The molecule has 2 atom stereocenters. The van der Waals surface area contributed by atoms with Crippen molar-refractivity contribution in [2.45, 2.75) is 411 Å². The number of hydrogen-bond acceptors (Lipinski definition) is 5. The number of ether oxygens (including phenoxy) is 1. The molecular weight excluding hydrogens is 983 g/mol. The first kappa shape index (κ1) is 78.1. The van der Waals surface area contributed by atoms with Gasteiger partial charge in [-0.1, -0.05) is 339 Å². The van der Waals surface area contributed by atoms with Crippen molar-refractivity contribution in [1.29, 1.82) is 0 Å². The smallest absolute Gasteiger partial charge is 0.305 e. The van der Waals surface area contributed by atoms with Crippen LogP contribution in [-0.2, 0) is 14.3 Å². The third kappa shape index (κ3) is 65.2. The van der Waals surface area contributed by atoms with Crippen LogP contribution in [0.4, 0.5) is 0 Å². The first-order valence-corrected chi connectivity index (χ1v) is 36.3. The second-order valence-electron chi connectivity index (χ2n) is 24.9. The maximum atomic E-state index is 12.5. The average Bonchev–Trinajstić information content (AvgIpc) is 3.46. The van der Waals surface area contributed by atoms with Crippen LogP contribution in [0.15, 0.2) is 36.5 Å². The van der Waals surface area contributed by atoms with E-state index >= 15 is 0 Å². The molecule has 0 aliphatic heterocycles. The Bertz CT molecular complexity index is 1300. The van der Waals surface area contributed by atoms with Gasteiger partial charge < -0.3 is 20.3 Å². The maximum Gasteiger partial charge on any atom is 0.305 e. The van der Waals surface area contributed by atoms with Crippen LogP contribution in [0, 0.1) is 0 Å². The zero-order valence-corrected chi connectivity index (χ0v) is 54.1. The molecule has 0 aromatic rings. The Hall–Kier alpha value is -1.92. The molecule has 0 rings (SSSR count). The van der Waals surface area contributed by atoms with Crippen LogP contribution in [0.25, 0.3) is 0 Å². The number of rotatable bonds is 68. The Labute approximate surface area is 500 Å². The van der Waals surface area contributed by atoms with Gasteiger partial charge in [0.1, 0.15) is 0 Å². The lowest BCUT2D eigenvalue weighted by atomic mass is 10.0. The molecule has 0 fully saturated rings. The molecule has 6 nitrogen and oxygen atoms in total. The Morgan fingerprint density at radius 2 is 0.588 bits per heavy atom. The minimum absolute atomic E-state index is 0.00643. The van der Waals surface area contributed by atoms with Gasteiger partial charge in [-0.2, -0.15) is 0 Å². The van der Waals surface area contributed by atoms with Crippen LogP contribution < -0.4 is 5.32 Å². The van der Waals surface area contributed by atoms with E-state index in [1.807, 2.05) is 6.08 Å². The summed E-state index contributed by atoms with van der Waals surface area (Å²) in [5.74, 6) is -0.0568. The number of allylic oxidation sites excluding steroid dienone is 5. The van der Waals surface area contributed by atoms with Gasteiger partial charge in [0.25, 0.3) is 0 Å². The highest BCUT2D eigenvalue weighted by Gasteiger charge is 2.18. The predicted molar refractivity (Wildman–Crippen MR) is 352 cm³/mol. The molecule has 80 heavy (non-hydrogen) atoms. The molecule has 0 spiro atoms. The van der Waals surface area contributed by atoms with Crippen molar-refractivity contribution in [3.8, 4) is 0 Å². The van der Waals surface area contributed by atoms with E-state index in [1.54, 1.807) is 6.08 Å². The van der Waals surface area contributed by atoms with Crippen molar-refractivity contribution >= 4 is 11.9 Å². The van der Waals surface area contributed by atoms with Crippen molar-refractivity contribution in [3.05, 3.63) is 36.5 Å². The molecule has 0 bridgehead atoms. The van der Waals surface area contributed by atoms with Crippen LogP contribution in [0.3, 0.4) is 0 Å². The van der Waals surface area contributed by atoms with Crippen molar-refractivity contribution in [1.82, 2.24) is 5.32 Å². The molecule has 0 aromatic heterocycles. The third-order valence-electron chi connectivity index (χ3n) is 16.9. The van der Waals surface area contributed by atoms with Crippen LogP contribution >= 0.6 is 0 Å². The van der Waals surface area contributed by atoms with Crippen molar-refractivity contribution in [2.75, 3.05) is 13.2 Å². The fraction of sp³-hybridized carbons (Fsp3) is 0.892. The van der Waals surface area contributed by atoms with Crippen LogP contribution in [0.2, 0.25) is 0 Å². The quantitative estimate of drug-likeness (QED) is 0.0320. The Morgan fingerprint density at radius 3 is 0.912 bits per heavy atom. The minimum atomic E-state index is -0.845. The minimum Gasteiger partial charge on any atom is -0.466 e. The lowest BCUT2D eigenvalue weighted by Gasteiger charge is -2.20.